The Bertz CT molecular complexity index is 231. The van der Waals surface area contributed by atoms with E-state index in [0.717, 1.165) is 19.3 Å². The maximum atomic E-state index is 11.8. The van der Waals surface area contributed by atoms with Crippen LogP contribution in [-0.2, 0) is 9.53 Å². The molecule has 0 heterocycles. The molecule has 1 aliphatic carbocycles. The molecule has 2 N–H and O–H groups in total. The van der Waals surface area contributed by atoms with Crippen LogP contribution in [0.5, 0.6) is 0 Å². The van der Waals surface area contributed by atoms with Crippen molar-refractivity contribution in [2.45, 2.75) is 51.2 Å². The molecule has 0 bridgehead atoms. The lowest BCUT2D eigenvalue weighted by Gasteiger charge is -2.40. The number of hydrogen-bond donors (Lipinski definition) is 2. The molecule has 1 rings (SSSR count). The van der Waals surface area contributed by atoms with E-state index in [2.05, 4.69) is 5.32 Å². The fourth-order valence-corrected chi connectivity index (χ4v) is 2.00. The SMILES string of the molecule is COC1(CC(=O)N[C@H](CO)C(C)C)CCC1. The number of aliphatic hydroxyl groups excluding tert-OH is 1. The zero-order valence-corrected chi connectivity index (χ0v) is 10.5. The van der Waals surface area contributed by atoms with Gasteiger partial charge in [0.15, 0.2) is 0 Å². The number of ether oxygens (including phenoxy) is 1. The Kier molecular flexibility index (Phi) is 4.74. The Morgan fingerprint density at radius 3 is 2.44 bits per heavy atom. The molecule has 1 fully saturated rings. The smallest absolute Gasteiger partial charge is 0.223 e. The minimum Gasteiger partial charge on any atom is -0.394 e. The molecule has 94 valence electrons. The number of carbonyl (C=O) groups excluding carboxylic acids is 1. The molecule has 0 spiro atoms. The first-order valence-electron chi connectivity index (χ1n) is 5.98. The number of amides is 1. The minimum atomic E-state index is -0.235. The Balaban J connectivity index is 2.40. The molecule has 4 heteroatoms. The summed E-state index contributed by atoms with van der Waals surface area (Å²) in [6.07, 6.45) is 3.46. The van der Waals surface area contributed by atoms with Gasteiger partial charge in [0.1, 0.15) is 0 Å². The normalized spacial score (nSPS) is 20.3. The van der Waals surface area contributed by atoms with E-state index in [1.807, 2.05) is 13.8 Å². The molecule has 16 heavy (non-hydrogen) atoms. The number of hydrogen-bond acceptors (Lipinski definition) is 3. The van der Waals surface area contributed by atoms with Crippen molar-refractivity contribution in [1.29, 1.82) is 0 Å². The lowest BCUT2D eigenvalue weighted by molar-refractivity contribution is -0.135. The first-order chi connectivity index (χ1) is 7.53. The second kappa shape index (κ2) is 5.64. The van der Waals surface area contributed by atoms with Gasteiger partial charge in [-0.3, -0.25) is 4.79 Å². The Morgan fingerprint density at radius 2 is 2.12 bits per heavy atom. The molecule has 4 nitrogen and oxygen atoms in total. The first kappa shape index (κ1) is 13.5. The molecule has 0 aromatic heterocycles. The van der Waals surface area contributed by atoms with Crippen molar-refractivity contribution in [1.82, 2.24) is 5.32 Å². The van der Waals surface area contributed by atoms with Crippen molar-refractivity contribution in [2.24, 2.45) is 5.92 Å². The van der Waals surface area contributed by atoms with Gasteiger partial charge in [-0.05, 0) is 25.2 Å². The second-order valence-corrected chi connectivity index (χ2v) is 5.02. The first-order valence-corrected chi connectivity index (χ1v) is 5.98. The lowest BCUT2D eigenvalue weighted by atomic mass is 9.77. The average molecular weight is 229 g/mol. The summed E-state index contributed by atoms with van der Waals surface area (Å²) in [5, 5.41) is 12.0. The maximum Gasteiger partial charge on any atom is 0.223 e. The molecular weight excluding hydrogens is 206 g/mol. The van der Waals surface area contributed by atoms with Gasteiger partial charge < -0.3 is 15.2 Å². The molecule has 0 radical (unpaired) electrons. The molecule has 0 aliphatic heterocycles. The predicted molar refractivity (Wildman–Crippen MR) is 62.1 cm³/mol. The van der Waals surface area contributed by atoms with Crippen LogP contribution in [0.1, 0.15) is 39.5 Å². The number of aliphatic hydroxyl groups is 1. The molecule has 1 atom stereocenters. The predicted octanol–water partition coefficient (Wildman–Crippen LogP) is 1.08. The van der Waals surface area contributed by atoms with Gasteiger partial charge in [0.2, 0.25) is 5.91 Å². The third-order valence-electron chi connectivity index (χ3n) is 3.53. The summed E-state index contributed by atoms with van der Waals surface area (Å²) in [6, 6.07) is -0.151. The Labute approximate surface area is 97.4 Å². The molecule has 1 amide bonds. The van der Waals surface area contributed by atoms with E-state index < -0.39 is 0 Å². The zero-order valence-electron chi connectivity index (χ0n) is 10.5. The summed E-state index contributed by atoms with van der Waals surface area (Å²) in [6.45, 7) is 3.95. The van der Waals surface area contributed by atoms with Gasteiger partial charge in [0.25, 0.3) is 0 Å². The van der Waals surface area contributed by atoms with Gasteiger partial charge in [-0.1, -0.05) is 13.8 Å². The Morgan fingerprint density at radius 1 is 1.50 bits per heavy atom. The number of rotatable bonds is 6. The quantitative estimate of drug-likeness (QED) is 0.716. The van der Waals surface area contributed by atoms with Crippen LogP contribution < -0.4 is 5.32 Å². The molecule has 1 aliphatic rings. The van der Waals surface area contributed by atoms with Gasteiger partial charge in [0, 0.05) is 7.11 Å². The summed E-state index contributed by atoms with van der Waals surface area (Å²) in [7, 11) is 1.67. The van der Waals surface area contributed by atoms with Crippen LogP contribution in [0.25, 0.3) is 0 Å². The van der Waals surface area contributed by atoms with E-state index in [1.54, 1.807) is 7.11 Å². The summed E-state index contributed by atoms with van der Waals surface area (Å²) in [4.78, 5) is 11.8. The summed E-state index contributed by atoms with van der Waals surface area (Å²) in [5.41, 5.74) is -0.235. The lowest BCUT2D eigenvalue weighted by Crippen LogP contribution is -2.48. The van der Waals surface area contributed by atoms with E-state index in [4.69, 9.17) is 9.84 Å². The average Bonchev–Trinajstić information content (AvgIpc) is 2.19. The fraction of sp³-hybridized carbons (Fsp3) is 0.917. The van der Waals surface area contributed by atoms with Crippen LogP contribution in [0.2, 0.25) is 0 Å². The highest BCUT2D eigenvalue weighted by molar-refractivity contribution is 5.77. The van der Waals surface area contributed by atoms with Gasteiger partial charge >= 0.3 is 0 Å². The second-order valence-electron chi connectivity index (χ2n) is 5.02. The van der Waals surface area contributed by atoms with Crippen LogP contribution in [0.15, 0.2) is 0 Å². The number of nitrogens with one attached hydrogen (secondary N) is 1. The molecule has 1 saturated carbocycles. The third-order valence-corrected chi connectivity index (χ3v) is 3.53. The highest BCUT2D eigenvalue weighted by Gasteiger charge is 2.39. The van der Waals surface area contributed by atoms with Crippen LogP contribution in [0, 0.1) is 5.92 Å². The van der Waals surface area contributed by atoms with Crippen molar-refractivity contribution in [2.75, 3.05) is 13.7 Å². The minimum absolute atomic E-state index is 0.0105. The Hall–Kier alpha value is -0.610. The molecule has 0 aromatic carbocycles. The van der Waals surface area contributed by atoms with Crippen LogP contribution in [0.4, 0.5) is 0 Å². The van der Waals surface area contributed by atoms with Crippen molar-refractivity contribution in [3.05, 3.63) is 0 Å². The fourth-order valence-electron chi connectivity index (χ4n) is 2.00. The highest BCUT2D eigenvalue weighted by Crippen LogP contribution is 2.37. The largest absolute Gasteiger partial charge is 0.394 e. The van der Waals surface area contributed by atoms with E-state index >= 15 is 0 Å². The molecule has 0 unspecified atom stereocenters. The topological polar surface area (TPSA) is 58.6 Å². The van der Waals surface area contributed by atoms with Gasteiger partial charge in [0.05, 0.1) is 24.7 Å². The molecule has 0 aromatic rings. The van der Waals surface area contributed by atoms with Crippen LogP contribution in [0.3, 0.4) is 0 Å². The van der Waals surface area contributed by atoms with E-state index in [9.17, 15) is 4.79 Å². The van der Waals surface area contributed by atoms with Crippen molar-refractivity contribution in [3.8, 4) is 0 Å². The third kappa shape index (κ3) is 3.19. The van der Waals surface area contributed by atoms with Gasteiger partial charge in [-0.25, -0.2) is 0 Å². The number of methoxy groups -OCH3 is 1. The number of carbonyl (C=O) groups is 1. The van der Waals surface area contributed by atoms with Gasteiger partial charge in [-0.15, -0.1) is 0 Å². The van der Waals surface area contributed by atoms with E-state index in [-0.39, 0.29) is 30.1 Å². The molecule has 0 saturated heterocycles. The van der Waals surface area contributed by atoms with E-state index in [0.29, 0.717) is 6.42 Å². The van der Waals surface area contributed by atoms with Crippen LogP contribution in [-0.4, -0.2) is 36.4 Å². The van der Waals surface area contributed by atoms with Crippen LogP contribution >= 0.6 is 0 Å². The summed E-state index contributed by atoms with van der Waals surface area (Å²) >= 11 is 0. The highest BCUT2D eigenvalue weighted by atomic mass is 16.5. The summed E-state index contributed by atoms with van der Waals surface area (Å²) in [5.74, 6) is 0.225. The summed E-state index contributed by atoms with van der Waals surface area (Å²) < 4.78 is 5.40. The maximum absolute atomic E-state index is 11.8. The van der Waals surface area contributed by atoms with E-state index in [1.165, 1.54) is 0 Å². The van der Waals surface area contributed by atoms with Crippen molar-refractivity contribution in [3.63, 3.8) is 0 Å². The monoisotopic (exact) mass is 229 g/mol. The zero-order chi connectivity index (χ0) is 12.2. The van der Waals surface area contributed by atoms with Crippen molar-refractivity contribution >= 4 is 5.91 Å². The van der Waals surface area contributed by atoms with Crippen molar-refractivity contribution < 1.29 is 14.6 Å². The van der Waals surface area contributed by atoms with Gasteiger partial charge in [-0.2, -0.15) is 0 Å². The molecular formula is C12H23NO3. The standard InChI is InChI=1S/C12H23NO3/c1-9(2)10(8-14)13-11(15)7-12(16-3)5-4-6-12/h9-10,14H,4-8H2,1-3H3,(H,13,15)/t10-/m1/s1.